The molecule has 0 unspecified atom stereocenters. The second-order valence-corrected chi connectivity index (χ2v) is 9.14. The molecular formula is C23H17ClN4O3S2. The molecule has 10 heteroatoms. The van der Waals surface area contributed by atoms with E-state index in [9.17, 15) is 4.79 Å². The molecule has 3 heterocycles. The van der Waals surface area contributed by atoms with Crippen molar-refractivity contribution in [1.29, 1.82) is 0 Å². The van der Waals surface area contributed by atoms with E-state index in [2.05, 4.69) is 10.1 Å². The van der Waals surface area contributed by atoms with Gasteiger partial charge in [-0.25, -0.2) is 4.98 Å². The molecule has 5 rings (SSSR count). The predicted octanol–water partition coefficient (Wildman–Crippen LogP) is 5.84. The summed E-state index contributed by atoms with van der Waals surface area (Å²) in [6.45, 7) is 2.50. The third-order valence-corrected chi connectivity index (χ3v) is 6.91. The lowest BCUT2D eigenvalue weighted by molar-refractivity contribution is 0.340. The van der Waals surface area contributed by atoms with Crippen LogP contribution in [0.3, 0.4) is 0 Å². The quantitative estimate of drug-likeness (QED) is 0.207. The Morgan fingerprint density at radius 1 is 1.12 bits per heavy atom. The highest BCUT2D eigenvalue weighted by Crippen LogP contribution is 2.29. The van der Waals surface area contributed by atoms with E-state index in [0.717, 1.165) is 5.75 Å². The van der Waals surface area contributed by atoms with E-state index in [1.807, 2.05) is 60.8 Å². The molecule has 7 nitrogen and oxygen atoms in total. The molecule has 5 aromatic rings. The molecular weight excluding hydrogens is 480 g/mol. The molecule has 0 radical (unpaired) electrons. The smallest absolute Gasteiger partial charge is 0.276 e. The van der Waals surface area contributed by atoms with Crippen LogP contribution in [-0.4, -0.2) is 26.3 Å². The number of thiophene rings is 1. The molecule has 0 aliphatic carbocycles. The van der Waals surface area contributed by atoms with Gasteiger partial charge in [0.15, 0.2) is 5.16 Å². The Hall–Kier alpha value is -3.14. The minimum Gasteiger partial charge on any atom is -0.494 e. The van der Waals surface area contributed by atoms with Gasteiger partial charge in [0.05, 0.1) is 28.6 Å². The highest BCUT2D eigenvalue weighted by atomic mass is 35.5. The van der Waals surface area contributed by atoms with E-state index in [0.29, 0.717) is 55.7 Å². The van der Waals surface area contributed by atoms with Crippen LogP contribution >= 0.6 is 34.7 Å². The largest absolute Gasteiger partial charge is 0.494 e. The normalized spacial score (nSPS) is 11.2. The number of fused-ring (bicyclic) bond motifs is 1. The van der Waals surface area contributed by atoms with Crippen LogP contribution in [0.4, 0.5) is 0 Å². The molecule has 0 fully saturated rings. The van der Waals surface area contributed by atoms with Crippen molar-refractivity contribution in [1.82, 2.24) is 19.7 Å². The summed E-state index contributed by atoms with van der Waals surface area (Å²) < 4.78 is 13.1. The van der Waals surface area contributed by atoms with Crippen molar-refractivity contribution in [3.8, 4) is 22.8 Å². The number of rotatable bonds is 7. The summed E-state index contributed by atoms with van der Waals surface area (Å²) in [5.74, 6) is 1.91. The summed E-state index contributed by atoms with van der Waals surface area (Å²) in [5.41, 5.74) is 1.94. The standard InChI is InChI=1S/C23H17ClN4O3S2/c1-2-30-15-9-7-14(8-10-15)28-22(29)20-18(11-12-32-20)25-23(28)33-13-19-26-21(27-31-19)16-5-3-4-6-17(16)24/h3-12H,2,13H2,1H3. The number of hydrogen-bond acceptors (Lipinski definition) is 8. The van der Waals surface area contributed by atoms with Crippen molar-refractivity contribution in [3.05, 3.63) is 81.2 Å². The summed E-state index contributed by atoms with van der Waals surface area (Å²) in [5, 5.41) is 6.99. The lowest BCUT2D eigenvalue weighted by Crippen LogP contribution is -2.20. The van der Waals surface area contributed by atoms with Gasteiger partial charge >= 0.3 is 0 Å². The first-order chi connectivity index (χ1) is 16.1. The topological polar surface area (TPSA) is 83.0 Å². The fourth-order valence-electron chi connectivity index (χ4n) is 3.27. The van der Waals surface area contributed by atoms with Crippen LogP contribution in [0.2, 0.25) is 5.02 Å². The van der Waals surface area contributed by atoms with Crippen LogP contribution in [-0.2, 0) is 5.75 Å². The van der Waals surface area contributed by atoms with E-state index < -0.39 is 0 Å². The van der Waals surface area contributed by atoms with Gasteiger partial charge in [-0.2, -0.15) is 4.98 Å². The highest BCUT2D eigenvalue weighted by Gasteiger charge is 2.17. The Morgan fingerprint density at radius 2 is 1.94 bits per heavy atom. The minimum atomic E-state index is -0.121. The van der Waals surface area contributed by atoms with Gasteiger partial charge in [0.25, 0.3) is 5.56 Å². The van der Waals surface area contributed by atoms with Gasteiger partial charge in [0.2, 0.25) is 11.7 Å². The van der Waals surface area contributed by atoms with Crippen molar-refractivity contribution in [2.75, 3.05) is 6.61 Å². The summed E-state index contributed by atoms with van der Waals surface area (Å²) >= 11 is 8.97. The third kappa shape index (κ3) is 4.39. The maximum Gasteiger partial charge on any atom is 0.276 e. The lowest BCUT2D eigenvalue weighted by atomic mass is 10.2. The Balaban J connectivity index is 1.47. The number of thioether (sulfide) groups is 1. The minimum absolute atomic E-state index is 0.121. The molecule has 0 bridgehead atoms. The SMILES string of the molecule is CCOc1ccc(-n2c(SCc3nc(-c4ccccc4Cl)no3)nc3ccsc3c2=O)cc1. The van der Waals surface area contributed by atoms with Crippen LogP contribution in [0.5, 0.6) is 5.75 Å². The fraction of sp³-hybridized carbons (Fsp3) is 0.130. The Labute approximate surface area is 202 Å². The maximum absolute atomic E-state index is 13.3. The number of hydrogen-bond donors (Lipinski definition) is 0. The summed E-state index contributed by atoms with van der Waals surface area (Å²) in [6.07, 6.45) is 0. The molecule has 166 valence electrons. The van der Waals surface area contributed by atoms with Gasteiger partial charge in [-0.15, -0.1) is 11.3 Å². The average Bonchev–Trinajstić information content (AvgIpc) is 3.49. The molecule has 0 amide bonds. The van der Waals surface area contributed by atoms with Gasteiger partial charge in [-0.1, -0.05) is 40.7 Å². The maximum atomic E-state index is 13.3. The van der Waals surface area contributed by atoms with Crippen LogP contribution in [0.1, 0.15) is 12.8 Å². The van der Waals surface area contributed by atoms with Crippen LogP contribution in [0, 0.1) is 0 Å². The van der Waals surface area contributed by atoms with Gasteiger partial charge in [-0.3, -0.25) is 9.36 Å². The van der Waals surface area contributed by atoms with Gasteiger partial charge in [0.1, 0.15) is 10.4 Å². The number of aromatic nitrogens is 4. The van der Waals surface area contributed by atoms with E-state index in [4.69, 9.17) is 25.8 Å². The molecule has 0 atom stereocenters. The van der Waals surface area contributed by atoms with Crippen LogP contribution < -0.4 is 10.3 Å². The zero-order valence-corrected chi connectivity index (χ0v) is 19.8. The number of benzene rings is 2. The Kier molecular flexibility index (Phi) is 6.17. The Bertz CT molecular complexity index is 1480. The fourth-order valence-corrected chi connectivity index (χ4v) is 5.10. The van der Waals surface area contributed by atoms with E-state index in [1.54, 1.807) is 10.6 Å². The van der Waals surface area contributed by atoms with Crippen molar-refractivity contribution in [2.45, 2.75) is 17.8 Å². The number of halogens is 1. The molecule has 2 aromatic carbocycles. The van der Waals surface area contributed by atoms with Crippen molar-refractivity contribution < 1.29 is 9.26 Å². The average molecular weight is 497 g/mol. The molecule has 3 aromatic heterocycles. The molecule has 0 N–H and O–H groups in total. The van der Waals surface area contributed by atoms with Crippen LogP contribution in [0.15, 0.2) is 74.5 Å². The first-order valence-electron chi connectivity index (χ1n) is 10.1. The summed E-state index contributed by atoms with van der Waals surface area (Å²) in [7, 11) is 0. The van der Waals surface area contributed by atoms with Crippen molar-refractivity contribution >= 4 is 44.9 Å². The lowest BCUT2D eigenvalue weighted by Gasteiger charge is -2.12. The van der Waals surface area contributed by atoms with Crippen molar-refractivity contribution in [3.63, 3.8) is 0 Å². The predicted molar refractivity (Wildman–Crippen MR) is 131 cm³/mol. The monoisotopic (exact) mass is 496 g/mol. The van der Waals surface area contributed by atoms with Gasteiger partial charge < -0.3 is 9.26 Å². The number of ether oxygens (including phenoxy) is 1. The summed E-state index contributed by atoms with van der Waals surface area (Å²) in [4.78, 5) is 22.5. The molecule has 33 heavy (non-hydrogen) atoms. The first kappa shape index (κ1) is 21.7. The van der Waals surface area contributed by atoms with E-state index in [1.165, 1.54) is 23.1 Å². The van der Waals surface area contributed by atoms with Gasteiger partial charge in [0, 0.05) is 5.56 Å². The summed E-state index contributed by atoms with van der Waals surface area (Å²) in [6, 6.07) is 16.5. The Morgan fingerprint density at radius 3 is 2.73 bits per heavy atom. The van der Waals surface area contributed by atoms with E-state index >= 15 is 0 Å². The zero-order chi connectivity index (χ0) is 22.8. The molecule has 0 spiro atoms. The first-order valence-corrected chi connectivity index (χ1v) is 12.3. The highest BCUT2D eigenvalue weighted by molar-refractivity contribution is 7.98. The zero-order valence-electron chi connectivity index (χ0n) is 17.4. The molecule has 0 saturated carbocycles. The van der Waals surface area contributed by atoms with Crippen LogP contribution in [0.25, 0.3) is 27.3 Å². The molecule has 0 aliphatic heterocycles. The molecule has 0 saturated heterocycles. The molecule has 0 aliphatic rings. The third-order valence-electron chi connectivity index (χ3n) is 4.76. The van der Waals surface area contributed by atoms with Gasteiger partial charge in [-0.05, 0) is 54.8 Å². The number of nitrogens with zero attached hydrogens (tertiary/aromatic N) is 4. The second-order valence-electron chi connectivity index (χ2n) is 6.88. The van der Waals surface area contributed by atoms with E-state index in [-0.39, 0.29) is 5.56 Å². The second kappa shape index (κ2) is 9.38. The van der Waals surface area contributed by atoms with Crippen molar-refractivity contribution in [2.24, 2.45) is 0 Å².